The summed E-state index contributed by atoms with van der Waals surface area (Å²) in [6, 6.07) is 7.73. The molecular formula is C18H12Cl5NO3. The average Bonchev–Trinajstić information content (AvgIpc) is 3.12. The van der Waals surface area contributed by atoms with Crippen molar-refractivity contribution in [2.24, 2.45) is 5.92 Å². The Bertz CT molecular complexity index is 940. The van der Waals surface area contributed by atoms with Gasteiger partial charge in [-0.3, -0.25) is 4.79 Å². The minimum atomic E-state index is -1.32. The topological polar surface area (TPSA) is 66.4 Å². The van der Waals surface area contributed by atoms with E-state index in [0.29, 0.717) is 26.9 Å². The number of aromatic carboxylic acids is 1. The zero-order valence-electron chi connectivity index (χ0n) is 13.7. The van der Waals surface area contributed by atoms with E-state index in [1.807, 2.05) is 0 Å². The lowest BCUT2D eigenvalue weighted by Crippen LogP contribution is -2.17. The number of benzene rings is 2. The second-order valence-electron chi connectivity index (χ2n) is 6.28. The molecule has 1 amide bonds. The lowest BCUT2D eigenvalue weighted by atomic mass is 10.1. The molecule has 142 valence electrons. The van der Waals surface area contributed by atoms with E-state index in [0.717, 1.165) is 0 Å². The minimum absolute atomic E-state index is 0.107. The largest absolute Gasteiger partial charge is 0.478 e. The lowest BCUT2D eigenvalue weighted by molar-refractivity contribution is -0.117. The molecule has 3 rings (SSSR count). The second-order valence-corrected chi connectivity index (χ2v) is 8.98. The number of carboxylic acid groups (broad SMARTS) is 1. The minimum Gasteiger partial charge on any atom is -0.478 e. The van der Waals surface area contributed by atoms with Gasteiger partial charge in [0.05, 0.1) is 16.5 Å². The van der Waals surface area contributed by atoms with Gasteiger partial charge in [0.15, 0.2) is 0 Å². The molecule has 0 saturated heterocycles. The van der Waals surface area contributed by atoms with Gasteiger partial charge in [0, 0.05) is 21.7 Å². The normalized spacial score (nSPS) is 20.2. The molecule has 9 heteroatoms. The van der Waals surface area contributed by atoms with Crippen molar-refractivity contribution in [1.29, 1.82) is 0 Å². The Morgan fingerprint density at radius 1 is 1.04 bits per heavy atom. The van der Waals surface area contributed by atoms with Crippen molar-refractivity contribution < 1.29 is 14.7 Å². The van der Waals surface area contributed by atoms with E-state index in [2.05, 4.69) is 5.32 Å². The number of carboxylic acids is 1. The van der Waals surface area contributed by atoms with Gasteiger partial charge in [-0.2, -0.15) is 0 Å². The van der Waals surface area contributed by atoms with Crippen molar-refractivity contribution in [2.75, 3.05) is 5.32 Å². The molecular weight excluding hydrogens is 455 g/mol. The fourth-order valence-corrected chi connectivity index (χ4v) is 4.60. The number of rotatable bonds is 4. The molecule has 0 aromatic heterocycles. The summed E-state index contributed by atoms with van der Waals surface area (Å²) in [5.41, 5.74) is 1.35. The molecule has 2 N–H and O–H groups in total. The van der Waals surface area contributed by atoms with Gasteiger partial charge in [-0.1, -0.05) is 34.8 Å². The lowest BCUT2D eigenvalue weighted by Gasteiger charge is -2.10. The van der Waals surface area contributed by atoms with Crippen molar-refractivity contribution in [2.45, 2.75) is 17.2 Å². The summed E-state index contributed by atoms with van der Waals surface area (Å²) < 4.78 is -1.32. The van der Waals surface area contributed by atoms with E-state index in [1.165, 1.54) is 6.07 Å². The molecule has 2 aromatic rings. The highest BCUT2D eigenvalue weighted by Crippen LogP contribution is 2.65. The molecule has 1 fully saturated rings. The van der Waals surface area contributed by atoms with Gasteiger partial charge in [0.2, 0.25) is 5.91 Å². The summed E-state index contributed by atoms with van der Waals surface area (Å²) in [5, 5.41) is 12.8. The molecule has 0 aliphatic heterocycles. The first-order chi connectivity index (χ1) is 12.5. The Morgan fingerprint density at radius 3 is 2.19 bits per heavy atom. The number of aryl methyl sites for hydroxylation is 1. The highest BCUT2D eigenvalue weighted by Gasteiger charge is 2.67. The maximum Gasteiger partial charge on any atom is 0.337 e. The third kappa shape index (κ3) is 4.01. The Balaban J connectivity index is 1.86. The predicted molar refractivity (Wildman–Crippen MR) is 109 cm³/mol. The quantitative estimate of drug-likeness (QED) is 0.528. The van der Waals surface area contributed by atoms with Crippen LogP contribution < -0.4 is 5.32 Å². The van der Waals surface area contributed by atoms with Crippen LogP contribution >= 0.6 is 58.0 Å². The van der Waals surface area contributed by atoms with Crippen LogP contribution in [-0.2, 0) is 4.79 Å². The fraction of sp³-hybridized carbons (Fsp3) is 0.222. The summed E-state index contributed by atoms with van der Waals surface area (Å²) >= 11 is 30.6. The van der Waals surface area contributed by atoms with E-state index in [1.54, 1.807) is 31.2 Å². The summed E-state index contributed by atoms with van der Waals surface area (Å²) in [6.45, 7) is 1.64. The number of alkyl halides is 2. The number of hydrogen-bond acceptors (Lipinski definition) is 2. The number of carbonyl (C=O) groups excluding carboxylic acids is 1. The Labute approximate surface area is 180 Å². The van der Waals surface area contributed by atoms with Crippen LogP contribution in [-0.4, -0.2) is 21.3 Å². The van der Waals surface area contributed by atoms with Gasteiger partial charge in [0.25, 0.3) is 0 Å². The zero-order valence-corrected chi connectivity index (χ0v) is 17.5. The Morgan fingerprint density at radius 2 is 1.63 bits per heavy atom. The molecule has 2 unspecified atom stereocenters. The van der Waals surface area contributed by atoms with Crippen molar-refractivity contribution in [1.82, 2.24) is 0 Å². The monoisotopic (exact) mass is 465 g/mol. The number of amides is 1. The number of hydrogen-bond donors (Lipinski definition) is 2. The van der Waals surface area contributed by atoms with Crippen LogP contribution in [0.15, 0.2) is 30.3 Å². The maximum absolute atomic E-state index is 12.7. The average molecular weight is 468 g/mol. The predicted octanol–water partition coefficient (Wildman–Crippen LogP) is 6.18. The van der Waals surface area contributed by atoms with Gasteiger partial charge in [0.1, 0.15) is 4.33 Å². The molecule has 0 radical (unpaired) electrons. The Kier molecular flexibility index (Phi) is 5.59. The molecule has 1 saturated carbocycles. The van der Waals surface area contributed by atoms with Crippen LogP contribution in [0.2, 0.25) is 15.1 Å². The molecule has 1 aliphatic rings. The number of anilines is 1. The Hall–Kier alpha value is -1.17. The SMILES string of the molecule is Cc1cc(NC(=O)C2C(c3cc(Cl)cc(Cl)c3)C2(Cl)Cl)cc(C(=O)O)c1Cl. The molecule has 0 bridgehead atoms. The molecule has 2 atom stereocenters. The summed E-state index contributed by atoms with van der Waals surface area (Å²) in [5.74, 6) is -2.88. The summed E-state index contributed by atoms with van der Waals surface area (Å²) in [6.07, 6.45) is 0. The van der Waals surface area contributed by atoms with Gasteiger partial charge in [-0.05, 0) is 48.4 Å². The molecule has 2 aromatic carbocycles. The van der Waals surface area contributed by atoms with Gasteiger partial charge in [-0.25, -0.2) is 4.79 Å². The fourth-order valence-electron chi connectivity index (χ4n) is 3.04. The molecule has 0 spiro atoms. The van der Waals surface area contributed by atoms with Crippen LogP contribution in [0.5, 0.6) is 0 Å². The number of nitrogens with one attached hydrogen (secondary N) is 1. The van der Waals surface area contributed by atoms with Gasteiger partial charge < -0.3 is 10.4 Å². The highest BCUT2D eigenvalue weighted by atomic mass is 35.5. The first kappa shape index (κ1) is 20.6. The van der Waals surface area contributed by atoms with E-state index in [-0.39, 0.29) is 10.6 Å². The third-order valence-electron chi connectivity index (χ3n) is 4.33. The van der Waals surface area contributed by atoms with Gasteiger partial charge in [-0.15, -0.1) is 23.2 Å². The van der Waals surface area contributed by atoms with Crippen LogP contribution in [0.4, 0.5) is 5.69 Å². The molecule has 1 aliphatic carbocycles. The second kappa shape index (κ2) is 7.34. The first-order valence-corrected chi connectivity index (χ1v) is 9.59. The van der Waals surface area contributed by atoms with Crippen LogP contribution in [0.3, 0.4) is 0 Å². The van der Waals surface area contributed by atoms with Crippen molar-refractivity contribution in [3.63, 3.8) is 0 Å². The molecule has 27 heavy (non-hydrogen) atoms. The first-order valence-electron chi connectivity index (χ1n) is 7.70. The highest BCUT2D eigenvalue weighted by molar-refractivity contribution is 6.53. The van der Waals surface area contributed by atoms with Gasteiger partial charge >= 0.3 is 5.97 Å². The van der Waals surface area contributed by atoms with E-state index in [9.17, 15) is 14.7 Å². The van der Waals surface area contributed by atoms with Crippen molar-refractivity contribution in [3.8, 4) is 0 Å². The third-order valence-corrected chi connectivity index (χ3v) is 6.21. The maximum atomic E-state index is 12.7. The summed E-state index contributed by atoms with van der Waals surface area (Å²) in [4.78, 5) is 24.0. The van der Waals surface area contributed by atoms with E-state index in [4.69, 9.17) is 58.0 Å². The summed E-state index contributed by atoms with van der Waals surface area (Å²) in [7, 11) is 0. The zero-order chi connectivity index (χ0) is 20.1. The molecule has 0 heterocycles. The van der Waals surface area contributed by atoms with Crippen molar-refractivity contribution >= 4 is 75.6 Å². The van der Waals surface area contributed by atoms with Crippen LogP contribution in [0, 0.1) is 12.8 Å². The smallest absolute Gasteiger partial charge is 0.337 e. The number of carbonyl (C=O) groups is 2. The number of halogens is 5. The van der Waals surface area contributed by atoms with E-state index < -0.39 is 28.0 Å². The standard InChI is InChI=1S/C18H12Cl5NO3/c1-7-2-11(6-12(15(7)21)17(26)27)24-16(25)14-13(18(14,22)23)8-3-9(19)5-10(20)4-8/h2-6,13-14H,1H3,(H,24,25)(H,26,27). The molecule has 4 nitrogen and oxygen atoms in total. The van der Waals surface area contributed by atoms with Crippen LogP contribution in [0.1, 0.15) is 27.4 Å². The van der Waals surface area contributed by atoms with E-state index >= 15 is 0 Å². The van der Waals surface area contributed by atoms with Crippen molar-refractivity contribution in [3.05, 3.63) is 62.1 Å². The van der Waals surface area contributed by atoms with Crippen LogP contribution in [0.25, 0.3) is 0 Å².